The molecule has 0 aliphatic rings. The number of aryl methyl sites for hydroxylation is 1. The number of ether oxygens (including phenoxy) is 1. The van der Waals surface area contributed by atoms with Gasteiger partial charge in [-0.3, -0.25) is 9.78 Å². The second-order valence-corrected chi connectivity index (χ2v) is 6.01. The molecule has 0 aliphatic carbocycles. The zero-order chi connectivity index (χ0) is 18.7. The molecule has 0 saturated heterocycles. The van der Waals surface area contributed by atoms with Gasteiger partial charge in [0.25, 0.3) is 0 Å². The number of nitrogens with zero attached hydrogens (tertiary/aromatic N) is 2. The van der Waals surface area contributed by atoms with Crippen LogP contribution in [0.15, 0.2) is 53.5 Å². The molecule has 2 heterocycles. The van der Waals surface area contributed by atoms with E-state index < -0.39 is 11.6 Å². The van der Waals surface area contributed by atoms with Gasteiger partial charge in [-0.15, -0.1) is 0 Å². The summed E-state index contributed by atoms with van der Waals surface area (Å²) in [6.45, 7) is 2.07. The van der Waals surface area contributed by atoms with E-state index in [-0.39, 0.29) is 17.7 Å². The first-order valence-electron chi connectivity index (χ1n) is 8.13. The highest BCUT2D eigenvalue weighted by atomic mass is 19.1. The van der Waals surface area contributed by atoms with Crippen LogP contribution in [0.2, 0.25) is 0 Å². The fourth-order valence-corrected chi connectivity index (χ4v) is 2.64. The molecule has 0 saturated carbocycles. The maximum Gasteiger partial charge on any atom is 0.248 e. The minimum Gasteiger partial charge on any atom is -0.489 e. The maximum absolute atomic E-state index is 13.7. The number of rotatable bonds is 5. The smallest absolute Gasteiger partial charge is 0.248 e. The molecule has 0 N–H and O–H groups in total. The fourth-order valence-electron chi connectivity index (χ4n) is 2.64. The second kappa shape index (κ2) is 7.51. The molecule has 3 rings (SSSR count). The van der Waals surface area contributed by atoms with Crippen LogP contribution in [0.3, 0.4) is 0 Å². The molecule has 3 aromatic rings. The van der Waals surface area contributed by atoms with Crippen LogP contribution < -0.4 is 15.8 Å². The number of benzene rings is 1. The lowest BCUT2D eigenvalue weighted by Gasteiger charge is -2.15. The zero-order valence-corrected chi connectivity index (χ0v) is 14.5. The lowest BCUT2D eigenvalue weighted by atomic mass is 9.96. The van der Waals surface area contributed by atoms with Gasteiger partial charge in [-0.05, 0) is 37.3 Å². The van der Waals surface area contributed by atoms with Crippen molar-refractivity contribution in [2.24, 2.45) is 0 Å². The standard InChI is InChI=1S/C19H17BF2N2O2/c1-12-8-17(26-11-13-5-6-14(21)9-16(13)22)18(20)19(25)24(12)10-15-4-2-3-7-23-15/h2-9H,10-11,20H2,1H3. The highest BCUT2D eigenvalue weighted by Crippen LogP contribution is 2.14. The molecular weight excluding hydrogens is 337 g/mol. The van der Waals surface area contributed by atoms with Crippen LogP contribution in [0.25, 0.3) is 0 Å². The van der Waals surface area contributed by atoms with Gasteiger partial charge in [0, 0.05) is 29.0 Å². The van der Waals surface area contributed by atoms with Gasteiger partial charge in [0.1, 0.15) is 24.0 Å². The summed E-state index contributed by atoms with van der Waals surface area (Å²) in [6, 6.07) is 10.6. The molecule has 0 spiro atoms. The predicted octanol–water partition coefficient (Wildman–Crippen LogP) is 1.72. The SMILES string of the molecule is Bc1c(OCc2ccc(F)cc2F)cc(C)n(Cc2ccccn2)c1=O. The predicted molar refractivity (Wildman–Crippen MR) is 97.6 cm³/mol. The molecule has 0 unspecified atom stereocenters. The van der Waals surface area contributed by atoms with Crippen molar-refractivity contribution in [3.05, 3.63) is 87.6 Å². The van der Waals surface area contributed by atoms with Crippen LogP contribution in [0.4, 0.5) is 8.78 Å². The van der Waals surface area contributed by atoms with Crippen molar-refractivity contribution in [3.63, 3.8) is 0 Å². The van der Waals surface area contributed by atoms with E-state index in [0.717, 1.165) is 11.8 Å². The van der Waals surface area contributed by atoms with E-state index in [1.165, 1.54) is 12.1 Å². The maximum atomic E-state index is 13.7. The minimum absolute atomic E-state index is 0.0872. The Kier molecular flexibility index (Phi) is 5.16. The minimum atomic E-state index is -0.678. The fraction of sp³-hybridized carbons (Fsp3) is 0.158. The summed E-state index contributed by atoms with van der Waals surface area (Å²) in [5.74, 6) is -0.938. The van der Waals surface area contributed by atoms with Crippen molar-refractivity contribution < 1.29 is 13.5 Å². The van der Waals surface area contributed by atoms with Crippen molar-refractivity contribution in [2.45, 2.75) is 20.1 Å². The first-order chi connectivity index (χ1) is 12.5. The normalized spacial score (nSPS) is 10.7. The van der Waals surface area contributed by atoms with Crippen molar-refractivity contribution in [1.82, 2.24) is 9.55 Å². The lowest BCUT2D eigenvalue weighted by Crippen LogP contribution is -2.37. The van der Waals surface area contributed by atoms with Crippen LogP contribution in [-0.2, 0) is 13.2 Å². The average molecular weight is 354 g/mol. The van der Waals surface area contributed by atoms with Gasteiger partial charge in [-0.1, -0.05) is 6.07 Å². The van der Waals surface area contributed by atoms with E-state index in [0.29, 0.717) is 23.5 Å². The van der Waals surface area contributed by atoms with Crippen molar-refractivity contribution >= 4 is 13.3 Å². The molecule has 0 bridgehead atoms. The second-order valence-electron chi connectivity index (χ2n) is 6.01. The first kappa shape index (κ1) is 17.9. The van der Waals surface area contributed by atoms with Crippen molar-refractivity contribution in [2.75, 3.05) is 0 Å². The Morgan fingerprint density at radius 3 is 2.69 bits per heavy atom. The molecule has 4 nitrogen and oxygen atoms in total. The lowest BCUT2D eigenvalue weighted by molar-refractivity contribution is 0.300. The molecule has 132 valence electrons. The third-order valence-corrected chi connectivity index (χ3v) is 4.15. The summed E-state index contributed by atoms with van der Waals surface area (Å²) < 4.78 is 33.9. The Hall–Kier alpha value is -2.96. The Balaban J connectivity index is 1.84. The molecule has 2 aromatic heterocycles. The Morgan fingerprint density at radius 2 is 2.00 bits per heavy atom. The topological polar surface area (TPSA) is 44.1 Å². The number of halogens is 2. The highest BCUT2D eigenvalue weighted by molar-refractivity contribution is 6.33. The summed E-state index contributed by atoms with van der Waals surface area (Å²) in [7, 11) is 1.66. The first-order valence-corrected chi connectivity index (χ1v) is 8.13. The third-order valence-electron chi connectivity index (χ3n) is 4.15. The molecule has 0 fully saturated rings. The van der Waals surface area contributed by atoms with Gasteiger partial charge in [0.05, 0.1) is 12.2 Å². The Morgan fingerprint density at radius 1 is 1.19 bits per heavy atom. The number of aromatic nitrogens is 2. The van der Waals surface area contributed by atoms with E-state index in [9.17, 15) is 13.6 Å². The van der Waals surface area contributed by atoms with Crippen LogP contribution >= 0.6 is 0 Å². The summed E-state index contributed by atoms with van der Waals surface area (Å²) in [5, 5.41) is 0. The molecular formula is C19H17BF2N2O2. The van der Waals surface area contributed by atoms with Gasteiger partial charge >= 0.3 is 0 Å². The average Bonchev–Trinajstić information content (AvgIpc) is 2.63. The van der Waals surface area contributed by atoms with Gasteiger partial charge in [0.2, 0.25) is 5.56 Å². The molecule has 7 heteroatoms. The van der Waals surface area contributed by atoms with Crippen molar-refractivity contribution in [3.8, 4) is 5.75 Å². The largest absolute Gasteiger partial charge is 0.489 e. The summed E-state index contributed by atoms with van der Waals surface area (Å²) >= 11 is 0. The van der Waals surface area contributed by atoms with E-state index in [4.69, 9.17) is 4.74 Å². The van der Waals surface area contributed by atoms with Crippen LogP contribution in [0, 0.1) is 18.6 Å². The molecule has 0 atom stereocenters. The Labute approximate surface area is 150 Å². The molecule has 0 aliphatic heterocycles. The Bertz CT molecular complexity index is 991. The number of hydrogen-bond donors (Lipinski definition) is 0. The molecule has 1 aromatic carbocycles. The monoisotopic (exact) mass is 354 g/mol. The van der Waals surface area contributed by atoms with Crippen LogP contribution in [0.5, 0.6) is 5.75 Å². The number of pyridine rings is 2. The summed E-state index contributed by atoms with van der Waals surface area (Å²) in [6.07, 6.45) is 1.68. The summed E-state index contributed by atoms with van der Waals surface area (Å²) in [5.41, 5.74) is 1.94. The quantitative estimate of drug-likeness (QED) is 0.656. The van der Waals surface area contributed by atoms with E-state index >= 15 is 0 Å². The number of hydrogen-bond acceptors (Lipinski definition) is 3. The van der Waals surface area contributed by atoms with E-state index in [1.54, 1.807) is 31.6 Å². The molecule has 26 heavy (non-hydrogen) atoms. The van der Waals surface area contributed by atoms with Crippen LogP contribution in [0.1, 0.15) is 17.0 Å². The van der Waals surface area contributed by atoms with Gasteiger partial charge < -0.3 is 9.30 Å². The van der Waals surface area contributed by atoms with Crippen molar-refractivity contribution in [1.29, 1.82) is 0 Å². The molecule has 0 radical (unpaired) electrons. The van der Waals surface area contributed by atoms with Gasteiger partial charge in [-0.2, -0.15) is 0 Å². The van der Waals surface area contributed by atoms with Gasteiger partial charge in [-0.25, -0.2) is 8.78 Å². The zero-order valence-electron chi connectivity index (χ0n) is 14.5. The molecule has 0 amide bonds. The van der Waals surface area contributed by atoms with E-state index in [1.807, 2.05) is 18.2 Å². The summed E-state index contributed by atoms with van der Waals surface area (Å²) in [4.78, 5) is 16.9. The van der Waals surface area contributed by atoms with Crippen LogP contribution in [-0.4, -0.2) is 17.4 Å². The highest BCUT2D eigenvalue weighted by Gasteiger charge is 2.12. The van der Waals surface area contributed by atoms with E-state index in [2.05, 4.69) is 4.98 Å². The van der Waals surface area contributed by atoms with Gasteiger partial charge in [0.15, 0.2) is 7.85 Å². The third kappa shape index (κ3) is 3.82.